The van der Waals surface area contributed by atoms with Gasteiger partial charge in [0.25, 0.3) is 0 Å². The number of hydrogen-bond donors (Lipinski definition) is 1. The van der Waals surface area contributed by atoms with Gasteiger partial charge in [-0.25, -0.2) is 9.97 Å². The van der Waals surface area contributed by atoms with Crippen molar-refractivity contribution in [1.82, 2.24) is 14.9 Å². The van der Waals surface area contributed by atoms with Crippen LogP contribution in [0.4, 0.5) is 5.82 Å². The predicted molar refractivity (Wildman–Crippen MR) is 72.8 cm³/mol. The molecule has 1 N–H and O–H groups in total. The Kier molecular flexibility index (Phi) is 3.20. The molecule has 2 aliphatic heterocycles. The molecule has 4 nitrogen and oxygen atoms in total. The number of aryl methyl sites for hydroxylation is 2. The van der Waals surface area contributed by atoms with Crippen molar-refractivity contribution in [2.75, 3.05) is 18.4 Å². The van der Waals surface area contributed by atoms with Crippen molar-refractivity contribution in [3.63, 3.8) is 0 Å². The molecule has 0 aliphatic carbocycles. The Bertz CT molecular complexity index is 432. The molecule has 2 aliphatic rings. The van der Waals surface area contributed by atoms with Crippen LogP contribution >= 0.6 is 0 Å². The van der Waals surface area contributed by atoms with E-state index < -0.39 is 0 Å². The van der Waals surface area contributed by atoms with Gasteiger partial charge in [0.15, 0.2) is 0 Å². The van der Waals surface area contributed by atoms with Crippen LogP contribution in [0.1, 0.15) is 37.7 Å². The molecule has 1 aromatic heterocycles. The minimum Gasteiger partial charge on any atom is -0.366 e. The van der Waals surface area contributed by atoms with Crippen molar-refractivity contribution in [3.8, 4) is 0 Å². The lowest BCUT2D eigenvalue weighted by Gasteiger charge is -2.22. The van der Waals surface area contributed by atoms with E-state index in [1.54, 1.807) is 0 Å². The van der Waals surface area contributed by atoms with Gasteiger partial charge in [-0.1, -0.05) is 6.92 Å². The van der Waals surface area contributed by atoms with Crippen LogP contribution < -0.4 is 5.32 Å². The first-order valence-corrected chi connectivity index (χ1v) is 7.11. The number of hydrogen-bond acceptors (Lipinski definition) is 4. The minimum absolute atomic E-state index is 0.575. The zero-order chi connectivity index (χ0) is 12.5. The first-order valence-electron chi connectivity index (χ1n) is 7.11. The van der Waals surface area contributed by atoms with Gasteiger partial charge in [0.1, 0.15) is 11.6 Å². The highest BCUT2D eigenvalue weighted by atomic mass is 15.2. The summed E-state index contributed by atoms with van der Waals surface area (Å²) in [6.45, 7) is 6.64. The van der Waals surface area contributed by atoms with Crippen molar-refractivity contribution >= 4 is 5.82 Å². The molecule has 2 saturated heterocycles. The van der Waals surface area contributed by atoms with E-state index >= 15 is 0 Å². The highest BCUT2D eigenvalue weighted by molar-refractivity contribution is 5.38. The summed E-state index contributed by atoms with van der Waals surface area (Å²) in [5.41, 5.74) is 1.13. The summed E-state index contributed by atoms with van der Waals surface area (Å²) < 4.78 is 0. The van der Waals surface area contributed by atoms with E-state index in [0.29, 0.717) is 6.04 Å². The Morgan fingerprint density at radius 2 is 2.22 bits per heavy atom. The third-order valence-corrected chi connectivity index (χ3v) is 4.19. The van der Waals surface area contributed by atoms with Crippen LogP contribution in [0.15, 0.2) is 6.07 Å². The number of nitrogens with one attached hydrogen (secondary N) is 1. The fourth-order valence-corrected chi connectivity index (χ4v) is 3.33. The van der Waals surface area contributed by atoms with Crippen molar-refractivity contribution in [2.24, 2.45) is 0 Å². The van der Waals surface area contributed by atoms with Gasteiger partial charge in [0.2, 0.25) is 0 Å². The molecule has 1 aromatic rings. The number of fused-ring (bicyclic) bond motifs is 1. The number of rotatable bonds is 3. The number of anilines is 1. The Balaban J connectivity index is 1.74. The molecule has 0 aromatic carbocycles. The summed E-state index contributed by atoms with van der Waals surface area (Å²) >= 11 is 0. The van der Waals surface area contributed by atoms with Gasteiger partial charge in [-0.2, -0.15) is 0 Å². The molecule has 0 radical (unpaired) electrons. The van der Waals surface area contributed by atoms with Crippen molar-refractivity contribution in [2.45, 2.75) is 51.6 Å². The van der Waals surface area contributed by atoms with Gasteiger partial charge in [0, 0.05) is 30.4 Å². The van der Waals surface area contributed by atoms with Crippen LogP contribution in [0.25, 0.3) is 0 Å². The number of nitrogens with zero attached hydrogens (tertiary/aromatic N) is 3. The molecule has 2 unspecified atom stereocenters. The van der Waals surface area contributed by atoms with Crippen molar-refractivity contribution in [1.29, 1.82) is 0 Å². The molecule has 18 heavy (non-hydrogen) atoms. The highest BCUT2D eigenvalue weighted by Crippen LogP contribution is 2.29. The Morgan fingerprint density at radius 1 is 1.33 bits per heavy atom. The fourth-order valence-electron chi connectivity index (χ4n) is 3.33. The van der Waals surface area contributed by atoms with Crippen LogP contribution in [-0.2, 0) is 6.42 Å². The molecular weight excluding hydrogens is 224 g/mol. The highest BCUT2D eigenvalue weighted by Gasteiger charge is 2.37. The summed E-state index contributed by atoms with van der Waals surface area (Å²) in [7, 11) is 0. The van der Waals surface area contributed by atoms with E-state index in [-0.39, 0.29) is 0 Å². The van der Waals surface area contributed by atoms with Crippen molar-refractivity contribution in [3.05, 3.63) is 17.6 Å². The second-order valence-corrected chi connectivity index (χ2v) is 5.43. The quantitative estimate of drug-likeness (QED) is 0.885. The maximum atomic E-state index is 4.52. The predicted octanol–water partition coefficient (Wildman–Crippen LogP) is 2.00. The van der Waals surface area contributed by atoms with Crippen LogP contribution in [0.5, 0.6) is 0 Å². The SMILES string of the molecule is CCc1cc(NC2CCN3CCCC23)nc(C)n1. The molecule has 3 rings (SSSR count). The van der Waals surface area contributed by atoms with E-state index in [1.165, 1.54) is 32.4 Å². The fraction of sp³-hybridized carbons (Fsp3) is 0.714. The third-order valence-electron chi connectivity index (χ3n) is 4.19. The summed E-state index contributed by atoms with van der Waals surface area (Å²) in [6, 6.07) is 3.40. The van der Waals surface area contributed by atoms with E-state index in [9.17, 15) is 0 Å². The van der Waals surface area contributed by atoms with Gasteiger partial charge in [-0.15, -0.1) is 0 Å². The summed E-state index contributed by atoms with van der Waals surface area (Å²) in [4.78, 5) is 11.6. The minimum atomic E-state index is 0.575. The maximum Gasteiger partial charge on any atom is 0.130 e. The number of aromatic nitrogens is 2. The van der Waals surface area contributed by atoms with Gasteiger partial charge in [-0.05, 0) is 39.2 Å². The van der Waals surface area contributed by atoms with Gasteiger partial charge >= 0.3 is 0 Å². The van der Waals surface area contributed by atoms with Gasteiger partial charge < -0.3 is 5.32 Å². The Labute approximate surface area is 109 Å². The Morgan fingerprint density at radius 3 is 3.06 bits per heavy atom. The van der Waals surface area contributed by atoms with Crippen LogP contribution in [-0.4, -0.2) is 40.0 Å². The lowest BCUT2D eigenvalue weighted by Crippen LogP contribution is -2.34. The molecule has 4 heteroatoms. The molecule has 0 bridgehead atoms. The second kappa shape index (κ2) is 4.84. The van der Waals surface area contributed by atoms with Crippen molar-refractivity contribution < 1.29 is 0 Å². The largest absolute Gasteiger partial charge is 0.366 e. The van der Waals surface area contributed by atoms with Crippen LogP contribution in [0, 0.1) is 6.92 Å². The third kappa shape index (κ3) is 2.21. The van der Waals surface area contributed by atoms with Gasteiger partial charge in [0.05, 0.1) is 0 Å². The molecule has 2 fully saturated rings. The van der Waals surface area contributed by atoms with Crippen LogP contribution in [0.2, 0.25) is 0 Å². The summed E-state index contributed by atoms with van der Waals surface area (Å²) in [5.74, 6) is 1.89. The summed E-state index contributed by atoms with van der Waals surface area (Å²) in [6.07, 6.45) is 4.90. The zero-order valence-corrected chi connectivity index (χ0v) is 11.3. The molecular formula is C14H22N4. The lowest BCUT2D eigenvalue weighted by molar-refractivity contribution is 0.318. The monoisotopic (exact) mass is 246 g/mol. The Hall–Kier alpha value is -1.16. The smallest absolute Gasteiger partial charge is 0.130 e. The average molecular weight is 246 g/mol. The molecule has 0 saturated carbocycles. The lowest BCUT2D eigenvalue weighted by atomic mass is 10.1. The standard InChI is InChI=1S/C14H22N4/c1-3-11-9-14(16-10(2)15-11)17-12-6-8-18-7-4-5-13(12)18/h9,12-13H,3-8H2,1-2H3,(H,15,16,17). The van der Waals surface area contributed by atoms with E-state index in [0.717, 1.165) is 29.8 Å². The average Bonchev–Trinajstić information content (AvgIpc) is 2.93. The van der Waals surface area contributed by atoms with Gasteiger partial charge in [-0.3, -0.25) is 4.90 Å². The second-order valence-electron chi connectivity index (χ2n) is 5.43. The molecule has 0 spiro atoms. The molecule has 98 valence electrons. The van der Waals surface area contributed by atoms with E-state index in [2.05, 4.69) is 33.2 Å². The molecule has 0 amide bonds. The normalized spacial score (nSPS) is 27.4. The topological polar surface area (TPSA) is 41.0 Å². The first-order chi connectivity index (χ1) is 8.76. The maximum absolute atomic E-state index is 4.52. The molecule has 2 atom stereocenters. The summed E-state index contributed by atoms with van der Waals surface area (Å²) in [5, 5.41) is 3.64. The van der Waals surface area contributed by atoms with Crippen LogP contribution in [0.3, 0.4) is 0 Å². The molecule has 3 heterocycles. The van der Waals surface area contributed by atoms with E-state index in [4.69, 9.17) is 0 Å². The first kappa shape index (κ1) is 11.9. The zero-order valence-electron chi connectivity index (χ0n) is 11.3. The van der Waals surface area contributed by atoms with E-state index in [1.807, 2.05) is 6.92 Å².